The van der Waals surface area contributed by atoms with Crippen LogP contribution < -0.4 is 14.8 Å². The van der Waals surface area contributed by atoms with E-state index in [-0.39, 0.29) is 10.6 Å². The van der Waals surface area contributed by atoms with E-state index in [1.807, 2.05) is 0 Å². The van der Waals surface area contributed by atoms with Gasteiger partial charge in [-0.05, 0) is 48.5 Å². The van der Waals surface area contributed by atoms with E-state index in [2.05, 4.69) is 31.0 Å². The van der Waals surface area contributed by atoms with Gasteiger partial charge in [0.15, 0.2) is 0 Å². The topological polar surface area (TPSA) is 97.4 Å². The van der Waals surface area contributed by atoms with Crippen LogP contribution in [-0.4, -0.2) is 26.4 Å². The number of methoxy groups -OCH3 is 1. The number of nitrogens with zero attached hydrogens (tertiary/aromatic N) is 1. The van der Waals surface area contributed by atoms with Crippen LogP contribution in [0.15, 0.2) is 76.2 Å². The Bertz CT molecular complexity index is 1080. The number of pyridine rings is 1. The summed E-state index contributed by atoms with van der Waals surface area (Å²) in [7, 11) is -2.26. The van der Waals surface area contributed by atoms with Crippen LogP contribution in [0.25, 0.3) is 0 Å². The number of hydrogen-bond acceptors (Lipinski definition) is 5. The number of anilines is 2. The fourth-order valence-electron chi connectivity index (χ4n) is 2.33. The molecular formula is C19H16BrN3O4S. The standard InChI is InChI=1S/C19H16BrN3O4S/c1-27-18-10-7-16(12-21-18)22-19(24)13-3-2-4-15(11-13)23-28(25,26)17-8-5-14(20)6-9-17/h2-12,23H,1H3,(H,22,24). The van der Waals surface area contributed by atoms with Crippen molar-refractivity contribution in [2.24, 2.45) is 0 Å². The first-order valence-corrected chi connectivity index (χ1v) is 10.3. The van der Waals surface area contributed by atoms with E-state index >= 15 is 0 Å². The van der Waals surface area contributed by atoms with Crippen molar-refractivity contribution in [3.63, 3.8) is 0 Å². The summed E-state index contributed by atoms with van der Waals surface area (Å²) in [5.74, 6) is 0.0407. The highest BCUT2D eigenvalue weighted by atomic mass is 79.9. The highest BCUT2D eigenvalue weighted by Crippen LogP contribution is 2.20. The molecule has 0 saturated carbocycles. The van der Waals surface area contributed by atoms with Gasteiger partial charge >= 0.3 is 0 Å². The Balaban J connectivity index is 1.75. The monoisotopic (exact) mass is 461 g/mol. The number of carbonyl (C=O) groups excluding carboxylic acids is 1. The molecule has 0 spiro atoms. The van der Waals surface area contributed by atoms with Gasteiger partial charge < -0.3 is 10.1 Å². The molecule has 1 amide bonds. The van der Waals surface area contributed by atoms with Crippen LogP contribution in [0.3, 0.4) is 0 Å². The summed E-state index contributed by atoms with van der Waals surface area (Å²) in [5, 5.41) is 2.70. The molecule has 0 aliphatic heterocycles. The van der Waals surface area contributed by atoms with E-state index in [9.17, 15) is 13.2 Å². The third-order valence-corrected chi connectivity index (χ3v) is 5.63. The predicted octanol–water partition coefficient (Wildman–Crippen LogP) is 3.91. The molecule has 3 aromatic rings. The Morgan fingerprint density at radius 1 is 1.04 bits per heavy atom. The lowest BCUT2D eigenvalue weighted by molar-refractivity contribution is 0.102. The zero-order valence-corrected chi connectivity index (χ0v) is 17.1. The van der Waals surface area contributed by atoms with Crippen LogP contribution in [0.2, 0.25) is 0 Å². The average Bonchev–Trinajstić information content (AvgIpc) is 2.69. The van der Waals surface area contributed by atoms with E-state index in [1.165, 1.54) is 31.5 Å². The van der Waals surface area contributed by atoms with Gasteiger partial charge in [-0.1, -0.05) is 22.0 Å². The number of sulfonamides is 1. The van der Waals surface area contributed by atoms with Crippen molar-refractivity contribution < 1.29 is 17.9 Å². The molecule has 28 heavy (non-hydrogen) atoms. The molecule has 0 fully saturated rings. The summed E-state index contributed by atoms with van der Waals surface area (Å²) in [6, 6.07) is 15.7. The molecule has 7 nitrogen and oxygen atoms in total. The number of carbonyl (C=O) groups is 1. The van der Waals surface area contributed by atoms with Crippen molar-refractivity contribution >= 4 is 43.2 Å². The van der Waals surface area contributed by atoms with Crippen LogP contribution in [0.1, 0.15) is 10.4 Å². The zero-order valence-electron chi connectivity index (χ0n) is 14.7. The molecule has 2 aromatic carbocycles. The lowest BCUT2D eigenvalue weighted by Gasteiger charge is -2.10. The van der Waals surface area contributed by atoms with E-state index in [4.69, 9.17) is 4.74 Å². The molecule has 3 rings (SSSR count). The number of aromatic nitrogens is 1. The SMILES string of the molecule is COc1ccc(NC(=O)c2cccc(NS(=O)(=O)c3ccc(Br)cc3)c2)cn1. The second-order valence-electron chi connectivity index (χ2n) is 5.68. The van der Waals surface area contributed by atoms with Crippen LogP contribution in [0.5, 0.6) is 5.88 Å². The molecule has 2 N–H and O–H groups in total. The molecule has 1 heterocycles. The van der Waals surface area contributed by atoms with Crippen molar-refractivity contribution in [3.8, 4) is 5.88 Å². The van der Waals surface area contributed by atoms with E-state index in [0.29, 0.717) is 17.1 Å². The minimum Gasteiger partial charge on any atom is -0.481 e. The first-order chi connectivity index (χ1) is 13.4. The van der Waals surface area contributed by atoms with Gasteiger partial charge in [0.25, 0.3) is 15.9 Å². The van der Waals surface area contributed by atoms with Crippen LogP contribution in [0, 0.1) is 0 Å². The normalized spacial score (nSPS) is 10.9. The quantitative estimate of drug-likeness (QED) is 0.579. The number of benzene rings is 2. The Kier molecular flexibility index (Phi) is 5.96. The highest BCUT2D eigenvalue weighted by molar-refractivity contribution is 9.10. The number of ether oxygens (including phenoxy) is 1. The van der Waals surface area contributed by atoms with Crippen molar-refractivity contribution in [3.05, 3.63) is 76.9 Å². The van der Waals surface area contributed by atoms with E-state index < -0.39 is 15.9 Å². The average molecular weight is 462 g/mol. The third kappa shape index (κ3) is 4.87. The van der Waals surface area contributed by atoms with Crippen molar-refractivity contribution in [2.45, 2.75) is 4.90 Å². The molecule has 0 atom stereocenters. The number of rotatable bonds is 6. The smallest absolute Gasteiger partial charge is 0.261 e. The summed E-state index contributed by atoms with van der Waals surface area (Å²) in [5.41, 5.74) is 1.07. The first kappa shape index (κ1) is 19.8. The third-order valence-electron chi connectivity index (χ3n) is 3.70. The Labute approximate surface area is 170 Å². The van der Waals surface area contributed by atoms with Gasteiger partial charge in [-0.3, -0.25) is 9.52 Å². The number of amides is 1. The Morgan fingerprint density at radius 3 is 2.43 bits per heavy atom. The van der Waals surface area contributed by atoms with Crippen molar-refractivity contribution in [2.75, 3.05) is 17.1 Å². The summed E-state index contributed by atoms with van der Waals surface area (Å²) in [6.45, 7) is 0. The number of nitrogens with one attached hydrogen (secondary N) is 2. The molecule has 0 bridgehead atoms. The molecule has 9 heteroatoms. The van der Waals surface area contributed by atoms with Crippen LogP contribution >= 0.6 is 15.9 Å². The molecule has 0 aliphatic carbocycles. The maximum atomic E-state index is 12.5. The summed E-state index contributed by atoms with van der Waals surface area (Å²) >= 11 is 3.27. The molecule has 0 unspecified atom stereocenters. The second kappa shape index (κ2) is 8.41. The molecule has 0 saturated heterocycles. The van der Waals surface area contributed by atoms with Gasteiger partial charge in [0, 0.05) is 21.8 Å². The maximum Gasteiger partial charge on any atom is 0.261 e. The predicted molar refractivity (Wildman–Crippen MR) is 110 cm³/mol. The molecule has 144 valence electrons. The van der Waals surface area contributed by atoms with Crippen molar-refractivity contribution in [1.29, 1.82) is 0 Å². The Hall–Kier alpha value is -2.91. The fourth-order valence-corrected chi connectivity index (χ4v) is 3.64. The highest BCUT2D eigenvalue weighted by Gasteiger charge is 2.15. The Morgan fingerprint density at radius 2 is 1.79 bits per heavy atom. The fraction of sp³-hybridized carbons (Fsp3) is 0.0526. The van der Waals surface area contributed by atoms with Crippen molar-refractivity contribution in [1.82, 2.24) is 4.98 Å². The van der Waals surface area contributed by atoms with Crippen LogP contribution in [-0.2, 0) is 10.0 Å². The first-order valence-electron chi connectivity index (χ1n) is 8.07. The number of hydrogen-bond donors (Lipinski definition) is 2. The van der Waals surface area contributed by atoms with Gasteiger partial charge in [0.05, 0.1) is 23.9 Å². The van der Waals surface area contributed by atoms with E-state index in [1.54, 1.807) is 42.5 Å². The summed E-state index contributed by atoms with van der Waals surface area (Å²) in [4.78, 5) is 16.6. The summed E-state index contributed by atoms with van der Waals surface area (Å²) in [6.07, 6.45) is 1.47. The molecular weight excluding hydrogens is 446 g/mol. The van der Waals surface area contributed by atoms with Crippen LogP contribution in [0.4, 0.5) is 11.4 Å². The second-order valence-corrected chi connectivity index (χ2v) is 8.28. The zero-order chi connectivity index (χ0) is 20.1. The summed E-state index contributed by atoms with van der Waals surface area (Å²) < 4.78 is 33.2. The van der Waals surface area contributed by atoms with Gasteiger partial charge in [-0.2, -0.15) is 0 Å². The molecule has 0 radical (unpaired) electrons. The van der Waals surface area contributed by atoms with Gasteiger partial charge in [-0.15, -0.1) is 0 Å². The van der Waals surface area contributed by atoms with E-state index in [0.717, 1.165) is 4.47 Å². The minimum atomic E-state index is -3.77. The number of halogens is 1. The van der Waals surface area contributed by atoms with Gasteiger partial charge in [0.1, 0.15) is 0 Å². The molecule has 1 aromatic heterocycles. The minimum absolute atomic E-state index is 0.120. The largest absolute Gasteiger partial charge is 0.481 e. The molecule has 0 aliphatic rings. The van der Waals surface area contributed by atoms with Gasteiger partial charge in [0.2, 0.25) is 5.88 Å². The lowest BCUT2D eigenvalue weighted by atomic mass is 10.2. The lowest BCUT2D eigenvalue weighted by Crippen LogP contribution is -2.15. The van der Waals surface area contributed by atoms with Gasteiger partial charge in [-0.25, -0.2) is 13.4 Å². The maximum absolute atomic E-state index is 12.5.